The molecular weight excluding hydrogens is 346 g/mol. The van der Waals surface area contributed by atoms with Crippen LogP contribution in [0.2, 0.25) is 0 Å². The number of amides is 2. The number of nitrogens with one attached hydrogen (secondary N) is 1. The van der Waals surface area contributed by atoms with Crippen molar-refractivity contribution in [1.29, 1.82) is 0 Å². The number of carbonyl (C=O) groups excluding carboxylic acids is 2. The number of rotatable bonds is 6. The van der Waals surface area contributed by atoms with E-state index < -0.39 is 5.91 Å². The van der Waals surface area contributed by atoms with Crippen molar-refractivity contribution in [3.8, 4) is 16.3 Å². The second-order valence-corrected chi connectivity index (χ2v) is 6.53. The summed E-state index contributed by atoms with van der Waals surface area (Å²) in [4.78, 5) is 28.7. The standard InChI is InChI=1S/C16H13N3O3S2/c17-14(20)8-22-12-5-2-1-4-10(12)15(21)19-16-18-11(9-24-16)13-6-3-7-23-13/h1-7,9H,8H2,(H2,17,20)(H,18,19,21). The molecule has 2 amide bonds. The summed E-state index contributed by atoms with van der Waals surface area (Å²) in [5, 5.41) is 7.10. The minimum atomic E-state index is -0.606. The van der Waals surface area contributed by atoms with Crippen molar-refractivity contribution in [2.45, 2.75) is 0 Å². The van der Waals surface area contributed by atoms with Gasteiger partial charge in [-0.3, -0.25) is 14.9 Å². The topological polar surface area (TPSA) is 94.3 Å². The molecular formula is C16H13N3O3S2. The predicted molar refractivity (Wildman–Crippen MR) is 94.5 cm³/mol. The van der Waals surface area contributed by atoms with Crippen molar-refractivity contribution >= 4 is 39.6 Å². The molecule has 0 aliphatic carbocycles. The minimum Gasteiger partial charge on any atom is -0.483 e. The summed E-state index contributed by atoms with van der Waals surface area (Å²) in [6.45, 7) is -0.288. The van der Waals surface area contributed by atoms with E-state index in [9.17, 15) is 9.59 Å². The molecule has 0 aliphatic heterocycles. The maximum absolute atomic E-state index is 12.4. The fourth-order valence-corrected chi connectivity index (χ4v) is 3.43. The van der Waals surface area contributed by atoms with E-state index in [0.717, 1.165) is 10.6 Å². The minimum absolute atomic E-state index is 0.288. The van der Waals surface area contributed by atoms with Gasteiger partial charge in [0.15, 0.2) is 11.7 Å². The maximum atomic E-state index is 12.4. The predicted octanol–water partition coefficient (Wildman–Crippen LogP) is 2.99. The lowest BCUT2D eigenvalue weighted by molar-refractivity contribution is -0.119. The molecule has 1 aromatic carbocycles. The molecule has 0 atom stereocenters. The number of thiophene rings is 1. The molecule has 0 saturated carbocycles. The second-order valence-electron chi connectivity index (χ2n) is 4.72. The average molecular weight is 359 g/mol. The van der Waals surface area contributed by atoms with Gasteiger partial charge in [0.05, 0.1) is 16.1 Å². The van der Waals surface area contributed by atoms with Crippen molar-refractivity contribution in [2.75, 3.05) is 11.9 Å². The van der Waals surface area contributed by atoms with Gasteiger partial charge in [-0.2, -0.15) is 0 Å². The summed E-state index contributed by atoms with van der Waals surface area (Å²) >= 11 is 2.93. The molecule has 0 aliphatic rings. The summed E-state index contributed by atoms with van der Waals surface area (Å²) in [6, 6.07) is 10.6. The summed E-state index contributed by atoms with van der Waals surface area (Å²) < 4.78 is 5.27. The molecule has 0 unspecified atom stereocenters. The molecule has 0 fully saturated rings. The Kier molecular flexibility index (Phi) is 4.88. The van der Waals surface area contributed by atoms with Crippen molar-refractivity contribution < 1.29 is 14.3 Å². The first-order chi connectivity index (χ1) is 11.6. The van der Waals surface area contributed by atoms with Crippen LogP contribution in [0, 0.1) is 0 Å². The molecule has 6 nitrogen and oxygen atoms in total. The van der Waals surface area contributed by atoms with Crippen LogP contribution in [0.5, 0.6) is 5.75 Å². The van der Waals surface area contributed by atoms with E-state index in [4.69, 9.17) is 10.5 Å². The fraction of sp³-hybridized carbons (Fsp3) is 0.0625. The van der Waals surface area contributed by atoms with Crippen LogP contribution < -0.4 is 15.8 Å². The number of primary amides is 1. The molecule has 0 bridgehead atoms. The SMILES string of the molecule is NC(=O)COc1ccccc1C(=O)Nc1nc(-c2cccs2)cs1. The van der Waals surface area contributed by atoms with Crippen LogP contribution in [-0.4, -0.2) is 23.4 Å². The molecule has 122 valence electrons. The molecule has 3 aromatic rings. The number of hydrogen-bond acceptors (Lipinski definition) is 6. The number of carbonyl (C=O) groups is 2. The van der Waals surface area contributed by atoms with E-state index in [1.807, 2.05) is 22.9 Å². The first-order valence-corrected chi connectivity index (χ1v) is 8.70. The second kappa shape index (κ2) is 7.24. The number of thiazole rings is 1. The van der Waals surface area contributed by atoms with E-state index in [0.29, 0.717) is 16.4 Å². The van der Waals surface area contributed by atoms with Gasteiger partial charge < -0.3 is 10.5 Å². The summed E-state index contributed by atoms with van der Waals surface area (Å²) in [5.41, 5.74) is 6.20. The number of anilines is 1. The Bertz CT molecular complexity index is 859. The zero-order valence-electron chi connectivity index (χ0n) is 12.4. The zero-order valence-corrected chi connectivity index (χ0v) is 14.0. The van der Waals surface area contributed by atoms with E-state index in [2.05, 4.69) is 10.3 Å². The average Bonchev–Trinajstić information content (AvgIpc) is 3.24. The quantitative estimate of drug-likeness (QED) is 0.707. The smallest absolute Gasteiger partial charge is 0.261 e. The third kappa shape index (κ3) is 3.79. The van der Waals surface area contributed by atoms with Crippen molar-refractivity contribution in [3.05, 3.63) is 52.7 Å². The normalized spacial score (nSPS) is 10.3. The lowest BCUT2D eigenvalue weighted by Crippen LogP contribution is -2.21. The zero-order chi connectivity index (χ0) is 16.9. The summed E-state index contributed by atoms with van der Waals surface area (Å²) in [5.74, 6) is -0.670. The Balaban J connectivity index is 1.74. The molecule has 3 N–H and O–H groups in total. The van der Waals surface area contributed by atoms with Gasteiger partial charge in [-0.1, -0.05) is 18.2 Å². The lowest BCUT2D eigenvalue weighted by atomic mass is 10.2. The van der Waals surface area contributed by atoms with E-state index in [1.54, 1.807) is 35.6 Å². The number of benzene rings is 1. The van der Waals surface area contributed by atoms with Crippen molar-refractivity contribution in [1.82, 2.24) is 4.98 Å². The highest BCUT2D eigenvalue weighted by Gasteiger charge is 2.15. The number of hydrogen-bond donors (Lipinski definition) is 2. The third-order valence-corrected chi connectivity index (χ3v) is 4.65. The van der Waals surface area contributed by atoms with Crippen LogP contribution in [0.15, 0.2) is 47.2 Å². The van der Waals surface area contributed by atoms with Crippen LogP contribution in [0.4, 0.5) is 5.13 Å². The molecule has 0 saturated heterocycles. The van der Waals surface area contributed by atoms with Crippen LogP contribution in [-0.2, 0) is 4.79 Å². The maximum Gasteiger partial charge on any atom is 0.261 e. The summed E-state index contributed by atoms with van der Waals surface area (Å²) in [6.07, 6.45) is 0. The van der Waals surface area contributed by atoms with E-state index in [-0.39, 0.29) is 12.5 Å². The molecule has 24 heavy (non-hydrogen) atoms. The summed E-state index contributed by atoms with van der Waals surface area (Å²) in [7, 11) is 0. The van der Waals surface area contributed by atoms with Gasteiger partial charge in [0, 0.05) is 5.38 Å². The Hall–Kier alpha value is -2.71. The van der Waals surface area contributed by atoms with Gasteiger partial charge in [0.25, 0.3) is 11.8 Å². The number of para-hydroxylation sites is 1. The Labute approximate surface area is 145 Å². The van der Waals surface area contributed by atoms with Crippen LogP contribution in [0.25, 0.3) is 10.6 Å². The van der Waals surface area contributed by atoms with Crippen molar-refractivity contribution in [3.63, 3.8) is 0 Å². The Morgan fingerprint density at radius 3 is 2.75 bits per heavy atom. The number of nitrogens with two attached hydrogens (primary N) is 1. The molecule has 2 aromatic heterocycles. The monoisotopic (exact) mass is 359 g/mol. The highest BCUT2D eigenvalue weighted by Crippen LogP contribution is 2.29. The first kappa shape index (κ1) is 16.2. The van der Waals surface area contributed by atoms with Gasteiger partial charge in [-0.15, -0.1) is 22.7 Å². The van der Waals surface area contributed by atoms with Gasteiger partial charge >= 0.3 is 0 Å². The third-order valence-electron chi connectivity index (χ3n) is 3.00. The van der Waals surface area contributed by atoms with Gasteiger partial charge in [0.1, 0.15) is 5.75 Å². The number of ether oxygens (including phenoxy) is 1. The molecule has 3 rings (SSSR count). The molecule has 8 heteroatoms. The van der Waals surface area contributed by atoms with Crippen LogP contribution in [0.3, 0.4) is 0 Å². The molecule has 0 radical (unpaired) electrons. The highest BCUT2D eigenvalue weighted by atomic mass is 32.1. The largest absolute Gasteiger partial charge is 0.483 e. The van der Waals surface area contributed by atoms with Gasteiger partial charge in [0.2, 0.25) is 0 Å². The number of aromatic nitrogens is 1. The molecule has 2 heterocycles. The lowest BCUT2D eigenvalue weighted by Gasteiger charge is -2.09. The van der Waals surface area contributed by atoms with Gasteiger partial charge in [-0.05, 0) is 23.6 Å². The fourth-order valence-electron chi connectivity index (χ4n) is 1.96. The van der Waals surface area contributed by atoms with Crippen molar-refractivity contribution in [2.24, 2.45) is 5.73 Å². The Morgan fingerprint density at radius 1 is 1.17 bits per heavy atom. The van der Waals surface area contributed by atoms with E-state index >= 15 is 0 Å². The van der Waals surface area contributed by atoms with Gasteiger partial charge in [-0.25, -0.2) is 4.98 Å². The van der Waals surface area contributed by atoms with Crippen LogP contribution in [0.1, 0.15) is 10.4 Å². The Morgan fingerprint density at radius 2 is 2.00 bits per heavy atom. The first-order valence-electron chi connectivity index (χ1n) is 6.94. The number of nitrogens with zero attached hydrogens (tertiary/aromatic N) is 1. The van der Waals surface area contributed by atoms with E-state index in [1.165, 1.54) is 11.3 Å². The highest BCUT2D eigenvalue weighted by molar-refractivity contribution is 7.16. The van der Waals surface area contributed by atoms with Crippen LogP contribution >= 0.6 is 22.7 Å². The molecule has 0 spiro atoms.